The molecule has 0 aliphatic heterocycles. The summed E-state index contributed by atoms with van der Waals surface area (Å²) in [6.07, 6.45) is 9.67. The molecule has 1 N–H and O–H groups in total. The first-order valence-electron chi connectivity index (χ1n) is 13.1. The highest BCUT2D eigenvalue weighted by molar-refractivity contribution is 5.64. The molecule has 0 amide bonds. The van der Waals surface area contributed by atoms with Gasteiger partial charge in [-0.05, 0) is 87.6 Å². The zero-order valence-electron chi connectivity index (χ0n) is 23.9. The molecule has 0 saturated carbocycles. The van der Waals surface area contributed by atoms with Crippen LogP contribution in [-0.4, -0.2) is 0 Å². The molecule has 190 valence electrons. The van der Waals surface area contributed by atoms with Crippen LogP contribution in [0.15, 0.2) is 90.7 Å². The number of rotatable bonds is 9. The number of hydrogen-bond donors (Lipinski definition) is 1. The van der Waals surface area contributed by atoms with Gasteiger partial charge in [0.25, 0.3) is 0 Å². The summed E-state index contributed by atoms with van der Waals surface area (Å²) in [6.45, 7) is 34.5. The Morgan fingerprint density at radius 3 is 2.15 bits per heavy atom. The average molecular weight is 464 g/mol. The molecule has 0 spiro atoms. The molecule has 1 atom stereocenters. The van der Waals surface area contributed by atoms with Gasteiger partial charge in [0.05, 0.1) is 0 Å². The van der Waals surface area contributed by atoms with Gasteiger partial charge < -0.3 is 5.32 Å². The minimum atomic E-state index is 0.656. The van der Waals surface area contributed by atoms with Crippen molar-refractivity contribution < 1.29 is 0 Å². The van der Waals surface area contributed by atoms with Crippen LogP contribution in [0, 0.1) is 12.8 Å². The number of hydrogen-bond acceptors (Lipinski definition) is 1. The summed E-state index contributed by atoms with van der Waals surface area (Å²) in [5.74, 6) is 0.656. The summed E-state index contributed by atoms with van der Waals surface area (Å²) >= 11 is 0. The van der Waals surface area contributed by atoms with E-state index in [0.717, 1.165) is 36.9 Å². The number of benzene rings is 1. The third-order valence-electron chi connectivity index (χ3n) is 5.60. The van der Waals surface area contributed by atoms with E-state index in [4.69, 9.17) is 0 Å². The molecule has 0 fully saturated rings. The first-order chi connectivity index (χ1) is 16.2. The summed E-state index contributed by atoms with van der Waals surface area (Å²) < 4.78 is 0. The van der Waals surface area contributed by atoms with Gasteiger partial charge in [-0.3, -0.25) is 0 Å². The van der Waals surface area contributed by atoms with Crippen LogP contribution in [0.2, 0.25) is 0 Å². The summed E-state index contributed by atoms with van der Waals surface area (Å²) in [4.78, 5) is 0. The predicted octanol–water partition coefficient (Wildman–Crippen LogP) is 10.7. The van der Waals surface area contributed by atoms with Crippen molar-refractivity contribution in [3.63, 3.8) is 0 Å². The van der Waals surface area contributed by atoms with E-state index < -0.39 is 0 Å². The Morgan fingerprint density at radius 1 is 1.06 bits per heavy atom. The Balaban J connectivity index is 0. The largest absolute Gasteiger partial charge is 0.359 e. The molecular formula is C33H53N. The lowest BCUT2D eigenvalue weighted by molar-refractivity contribution is 0.624. The molecule has 1 heteroatoms. The van der Waals surface area contributed by atoms with Crippen LogP contribution < -0.4 is 5.32 Å². The van der Waals surface area contributed by atoms with E-state index in [2.05, 4.69) is 96.6 Å². The number of nitrogens with one attached hydrogen (secondary N) is 1. The van der Waals surface area contributed by atoms with Gasteiger partial charge in [0, 0.05) is 11.4 Å². The van der Waals surface area contributed by atoms with E-state index in [1.807, 2.05) is 33.8 Å². The molecule has 34 heavy (non-hydrogen) atoms. The average Bonchev–Trinajstić information content (AvgIpc) is 2.85. The first-order valence-corrected chi connectivity index (χ1v) is 13.1. The SMILES string of the molecule is C=C(C)C1=C(CC)C=C(NC(=C)c2cccc(C)c2)CC1.C=CCCC(C)C(=C)C.CC.CC. The van der Waals surface area contributed by atoms with Crippen LogP contribution in [0.4, 0.5) is 0 Å². The Morgan fingerprint density at radius 2 is 1.68 bits per heavy atom. The van der Waals surface area contributed by atoms with Crippen LogP contribution in [-0.2, 0) is 0 Å². The van der Waals surface area contributed by atoms with Crippen LogP contribution in [0.5, 0.6) is 0 Å². The Hall–Kier alpha value is -2.54. The molecule has 1 nitrogen and oxygen atoms in total. The summed E-state index contributed by atoms with van der Waals surface area (Å²) in [7, 11) is 0. The third kappa shape index (κ3) is 13.2. The Labute approximate surface area is 213 Å². The van der Waals surface area contributed by atoms with Gasteiger partial charge in [-0.1, -0.05) is 102 Å². The highest BCUT2D eigenvalue weighted by Gasteiger charge is 2.13. The van der Waals surface area contributed by atoms with Gasteiger partial charge in [-0.2, -0.15) is 0 Å². The lowest BCUT2D eigenvalue weighted by atomic mass is 9.90. The summed E-state index contributed by atoms with van der Waals surface area (Å²) in [5.41, 5.74) is 9.92. The van der Waals surface area contributed by atoms with Crippen molar-refractivity contribution in [3.8, 4) is 0 Å². The van der Waals surface area contributed by atoms with Crippen LogP contribution in [0.25, 0.3) is 5.70 Å². The molecular weight excluding hydrogens is 410 g/mol. The number of aryl methyl sites for hydroxylation is 1. The van der Waals surface area contributed by atoms with Crippen molar-refractivity contribution in [1.82, 2.24) is 5.32 Å². The maximum Gasteiger partial charge on any atom is 0.0382 e. The predicted molar refractivity (Wildman–Crippen MR) is 159 cm³/mol. The van der Waals surface area contributed by atoms with Crippen LogP contribution in [0.3, 0.4) is 0 Å². The van der Waals surface area contributed by atoms with Crippen molar-refractivity contribution >= 4 is 5.70 Å². The zero-order valence-corrected chi connectivity index (χ0v) is 23.9. The smallest absolute Gasteiger partial charge is 0.0382 e. The molecule has 1 aromatic rings. The lowest BCUT2D eigenvalue weighted by Crippen LogP contribution is -2.14. The molecule has 1 aromatic carbocycles. The zero-order chi connectivity index (χ0) is 26.7. The standard InChI is InChI=1S/C20H25N.C9H16.2C2H6/c1-6-17-13-19(10-11-20(17)14(2)3)21-16(5)18-9-7-8-15(4)12-18;1-5-6-7-9(4)8(2)3;2*1-2/h7-9,12-13,21H,2,5-6,10-11H2,1,3-4H3;5,9H,1-2,6-7H2,3-4H3;2*1-2H3. The maximum absolute atomic E-state index is 4.18. The van der Waals surface area contributed by atoms with Gasteiger partial charge in [0.1, 0.15) is 0 Å². The second-order valence-corrected chi connectivity index (χ2v) is 8.39. The highest BCUT2D eigenvalue weighted by atomic mass is 14.9. The second kappa shape index (κ2) is 19.9. The van der Waals surface area contributed by atoms with E-state index >= 15 is 0 Å². The molecule has 1 aliphatic carbocycles. The van der Waals surface area contributed by atoms with E-state index in [9.17, 15) is 0 Å². The van der Waals surface area contributed by atoms with Crippen molar-refractivity contribution in [2.45, 2.75) is 94.4 Å². The molecule has 0 bridgehead atoms. The lowest BCUT2D eigenvalue weighted by Gasteiger charge is -2.22. The Bertz CT molecular complexity index is 832. The molecule has 1 aliphatic rings. The van der Waals surface area contributed by atoms with E-state index in [1.165, 1.54) is 40.0 Å². The van der Waals surface area contributed by atoms with E-state index in [-0.39, 0.29) is 0 Å². The van der Waals surface area contributed by atoms with Gasteiger partial charge in [-0.25, -0.2) is 0 Å². The van der Waals surface area contributed by atoms with E-state index in [0.29, 0.717) is 5.92 Å². The van der Waals surface area contributed by atoms with Gasteiger partial charge in [0.2, 0.25) is 0 Å². The van der Waals surface area contributed by atoms with Crippen molar-refractivity contribution in [1.29, 1.82) is 0 Å². The van der Waals surface area contributed by atoms with E-state index in [1.54, 1.807) is 0 Å². The normalized spacial score (nSPS) is 12.8. The molecule has 1 unspecified atom stereocenters. The highest BCUT2D eigenvalue weighted by Crippen LogP contribution is 2.30. The van der Waals surface area contributed by atoms with Crippen LogP contribution in [0.1, 0.15) is 98.6 Å². The third-order valence-corrected chi connectivity index (χ3v) is 5.60. The van der Waals surface area contributed by atoms with Gasteiger partial charge >= 0.3 is 0 Å². The minimum Gasteiger partial charge on any atom is -0.359 e. The second-order valence-electron chi connectivity index (χ2n) is 8.39. The first kappa shape index (κ1) is 33.6. The van der Waals surface area contributed by atoms with Gasteiger partial charge in [-0.15, -0.1) is 6.58 Å². The molecule has 0 heterocycles. The van der Waals surface area contributed by atoms with Gasteiger partial charge in [0.15, 0.2) is 0 Å². The van der Waals surface area contributed by atoms with Crippen LogP contribution >= 0.6 is 0 Å². The quantitative estimate of drug-likeness (QED) is 0.359. The monoisotopic (exact) mass is 463 g/mol. The topological polar surface area (TPSA) is 12.0 Å². The molecule has 0 radical (unpaired) electrons. The van der Waals surface area contributed by atoms with Crippen molar-refractivity contribution in [2.75, 3.05) is 0 Å². The fourth-order valence-corrected chi connectivity index (χ4v) is 3.40. The Kier molecular flexibility index (Phi) is 19.7. The fourth-order valence-electron chi connectivity index (χ4n) is 3.40. The summed E-state index contributed by atoms with van der Waals surface area (Å²) in [6, 6.07) is 8.44. The molecule has 0 aromatic heterocycles. The summed E-state index contributed by atoms with van der Waals surface area (Å²) in [5, 5.41) is 3.49. The molecule has 2 rings (SSSR count). The maximum atomic E-state index is 4.18. The fraction of sp³-hybridized carbons (Fsp3) is 0.455. The van der Waals surface area contributed by atoms with Crippen molar-refractivity contribution in [3.05, 3.63) is 102 Å². The number of allylic oxidation sites excluding steroid dienone is 7. The minimum absolute atomic E-state index is 0.656. The van der Waals surface area contributed by atoms with Crippen molar-refractivity contribution in [2.24, 2.45) is 5.92 Å². The molecule has 0 saturated heterocycles.